The van der Waals surface area contributed by atoms with E-state index in [4.69, 9.17) is 4.74 Å². The summed E-state index contributed by atoms with van der Waals surface area (Å²) in [5.41, 5.74) is 0. The van der Waals surface area contributed by atoms with E-state index in [1.807, 2.05) is 12.1 Å². The molecule has 0 aliphatic heterocycles. The molecule has 0 N–H and O–H groups in total. The number of halogens is 2. The molecule has 1 aromatic carbocycles. The van der Waals surface area contributed by atoms with Gasteiger partial charge in [0, 0.05) is 5.75 Å². The van der Waals surface area contributed by atoms with Crippen LogP contribution in [0.15, 0.2) is 22.7 Å². The third kappa shape index (κ3) is 4.43. The molecule has 0 saturated carbocycles. The minimum atomic E-state index is 0.817. The van der Waals surface area contributed by atoms with Gasteiger partial charge in [0.2, 0.25) is 0 Å². The average molecular weight is 378 g/mol. The second-order valence-corrected chi connectivity index (χ2v) is 2.41. The monoisotopic (exact) mass is 376 g/mol. The Bertz CT molecular complexity index is 207. The molecule has 0 amide bonds. The van der Waals surface area contributed by atoms with Gasteiger partial charge in [-0.15, -0.1) is 6.07 Å². The molecule has 0 atom stereocenters. The Hall–Kier alpha value is 0.853. The average Bonchev–Trinajstić information content (AvgIpc) is 2.09. The van der Waals surface area contributed by atoms with Crippen molar-refractivity contribution in [1.82, 2.24) is 0 Å². The van der Waals surface area contributed by atoms with Crippen LogP contribution in [0.1, 0.15) is 0 Å². The number of methoxy groups -OCH3 is 1. The summed E-state index contributed by atoms with van der Waals surface area (Å²) in [4.78, 5) is 0. The van der Waals surface area contributed by atoms with E-state index in [1.54, 1.807) is 13.2 Å². The van der Waals surface area contributed by atoms with Crippen molar-refractivity contribution >= 4 is 35.7 Å². The molecule has 0 heterocycles. The van der Waals surface area contributed by atoms with Crippen LogP contribution in [0.2, 0.25) is 0 Å². The van der Waals surface area contributed by atoms with Gasteiger partial charge in [0.05, 0.1) is 7.11 Å². The Morgan fingerprint density at radius 2 is 2.27 bits per heavy atom. The summed E-state index contributed by atoms with van der Waals surface area (Å²) in [6.07, 6.45) is 0. The van der Waals surface area contributed by atoms with Crippen molar-refractivity contribution in [1.29, 1.82) is 0 Å². The quantitative estimate of drug-likeness (QED) is 0.415. The molecule has 0 aliphatic carbocycles. The normalized spacial score (nSPS) is 8.09. The minimum absolute atomic E-state index is 0.817. The van der Waals surface area contributed by atoms with Crippen molar-refractivity contribution in [3.8, 4) is 5.75 Å². The molecule has 4 heteroatoms. The first kappa shape index (κ1) is 11.9. The molecule has 0 radical (unpaired) electrons. The summed E-state index contributed by atoms with van der Waals surface area (Å²) >= 11 is 6.93. The summed E-state index contributed by atoms with van der Waals surface area (Å²) in [5, 5.41) is 0. The number of hydrogen-bond donors (Lipinski definition) is 0. The number of rotatable bonds is 1. The zero-order chi connectivity index (χ0) is 8.69. The van der Waals surface area contributed by atoms with Crippen molar-refractivity contribution < 1.29 is 19.5 Å². The maximum absolute atomic E-state index is 4.97. The molecule has 0 unspecified atom stereocenters. The van der Waals surface area contributed by atoms with Crippen LogP contribution in [0, 0.1) is 6.07 Å². The molecule has 0 saturated heterocycles. The van der Waals surface area contributed by atoms with E-state index < -0.39 is 0 Å². The fourth-order valence-electron chi connectivity index (χ4n) is 0.553. The molecule has 11 heavy (non-hydrogen) atoms. The van der Waals surface area contributed by atoms with Crippen LogP contribution in [0.3, 0.4) is 0 Å². The van der Waals surface area contributed by atoms with Gasteiger partial charge < -0.3 is 4.74 Å². The molecular weight excluding hydrogens is 372 g/mol. The van der Waals surface area contributed by atoms with E-state index in [0.717, 1.165) is 10.2 Å². The maximum atomic E-state index is 4.97. The van der Waals surface area contributed by atoms with Crippen LogP contribution in [-0.4, -0.2) is 7.11 Å². The third-order valence-electron chi connectivity index (χ3n) is 0.996. The molecule has 0 bridgehead atoms. The standard InChI is InChI=1S/C7H6BrO.HI.Zn/c1-9-7-5-3-2-4-6(7)8;;/h2,4-5H,1H3;1H;/q-1;;+2/p-1. The molecule has 1 aromatic rings. The van der Waals surface area contributed by atoms with Crippen LogP contribution in [0.4, 0.5) is 0 Å². The summed E-state index contributed by atoms with van der Waals surface area (Å²) in [6.45, 7) is 0. The van der Waals surface area contributed by atoms with Gasteiger partial charge in [0.25, 0.3) is 0 Å². The van der Waals surface area contributed by atoms with Crippen molar-refractivity contribution in [3.05, 3.63) is 28.7 Å². The molecular formula is C7H6BrIOZn. The van der Waals surface area contributed by atoms with Crippen molar-refractivity contribution in [2.24, 2.45) is 0 Å². The second-order valence-electron chi connectivity index (χ2n) is 1.56. The summed E-state index contributed by atoms with van der Waals surface area (Å²) in [7, 11) is 1.63. The Morgan fingerprint density at radius 1 is 1.64 bits per heavy atom. The van der Waals surface area contributed by atoms with Gasteiger partial charge >= 0.3 is 34.5 Å². The predicted octanol–water partition coefficient (Wildman–Crippen LogP) is 3.14. The number of ether oxygens (including phenoxy) is 1. The van der Waals surface area contributed by atoms with Gasteiger partial charge in [0.15, 0.2) is 0 Å². The van der Waals surface area contributed by atoms with E-state index in [-0.39, 0.29) is 0 Å². The topological polar surface area (TPSA) is 9.23 Å². The van der Waals surface area contributed by atoms with E-state index >= 15 is 0 Å². The van der Waals surface area contributed by atoms with Crippen LogP contribution >= 0.6 is 35.7 Å². The fourth-order valence-corrected chi connectivity index (χ4v) is 0.961. The van der Waals surface area contributed by atoms with Gasteiger partial charge in [-0.3, -0.25) is 0 Å². The zero-order valence-electron chi connectivity index (χ0n) is 6.10. The summed E-state index contributed by atoms with van der Waals surface area (Å²) in [6, 6.07) is 8.39. The molecule has 1 nitrogen and oxygen atoms in total. The van der Waals surface area contributed by atoms with Gasteiger partial charge in [-0.2, -0.15) is 18.2 Å². The van der Waals surface area contributed by atoms with Crippen LogP contribution in [0.5, 0.6) is 5.75 Å². The summed E-state index contributed by atoms with van der Waals surface area (Å²) < 4.78 is 5.93. The van der Waals surface area contributed by atoms with Crippen LogP contribution in [-0.2, 0) is 14.8 Å². The third-order valence-corrected chi connectivity index (χ3v) is 1.65. The number of benzene rings is 1. The van der Waals surface area contributed by atoms with Gasteiger partial charge in [-0.05, 0) is 0 Å². The molecule has 1 rings (SSSR count). The Morgan fingerprint density at radius 3 is 2.64 bits per heavy atom. The van der Waals surface area contributed by atoms with E-state index in [9.17, 15) is 0 Å². The van der Waals surface area contributed by atoms with E-state index in [0.29, 0.717) is 0 Å². The van der Waals surface area contributed by atoms with Crippen molar-refractivity contribution in [2.45, 2.75) is 0 Å². The second kappa shape index (κ2) is 7.50. The fraction of sp³-hybridized carbons (Fsp3) is 0.143. The van der Waals surface area contributed by atoms with Crippen molar-refractivity contribution in [2.75, 3.05) is 7.11 Å². The Kier molecular flexibility index (Phi) is 8.08. The van der Waals surface area contributed by atoms with Gasteiger partial charge in [-0.25, -0.2) is 0 Å². The van der Waals surface area contributed by atoms with E-state index in [2.05, 4.69) is 41.7 Å². The first-order valence-corrected chi connectivity index (χ1v) is 12.6. The zero-order valence-corrected chi connectivity index (χ0v) is 12.8. The molecule has 0 aromatic heterocycles. The van der Waals surface area contributed by atoms with Crippen LogP contribution in [0.25, 0.3) is 0 Å². The molecule has 56 valence electrons. The van der Waals surface area contributed by atoms with Gasteiger partial charge in [-0.1, -0.05) is 20.4 Å². The van der Waals surface area contributed by atoms with Gasteiger partial charge in [0.1, 0.15) is 0 Å². The van der Waals surface area contributed by atoms with E-state index in [1.165, 1.54) is 14.8 Å². The van der Waals surface area contributed by atoms with Crippen molar-refractivity contribution in [3.63, 3.8) is 0 Å². The van der Waals surface area contributed by atoms with Crippen LogP contribution < -0.4 is 4.74 Å². The SMILES string of the molecule is COc1c[c-]ccc1Br.[Zn+][I]. The Balaban J connectivity index is 0.000000461. The molecule has 0 spiro atoms. The first-order valence-electron chi connectivity index (χ1n) is 2.81. The predicted molar refractivity (Wildman–Crippen MR) is 53.6 cm³/mol. The molecule has 0 fully saturated rings. The first-order chi connectivity index (χ1) is 5.34. The molecule has 0 aliphatic rings. The number of hydrogen-bond acceptors (Lipinski definition) is 1. The Labute approximate surface area is 95.9 Å². The summed E-state index contributed by atoms with van der Waals surface area (Å²) in [5.74, 6) is 0.817.